The third-order valence-corrected chi connectivity index (χ3v) is 7.22. The van der Waals surface area contributed by atoms with Gasteiger partial charge in [-0.05, 0) is 90.4 Å². The Morgan fingerprint density at radius 3 is 2.60 bits per heavy atom. The van der Waals surface area contributed by atoms with Crippen molar-refractivity contribution in [2.24, 2.45) is 0 Å². The predicted molar refractivity (Wildman–Crippen MR) is 117 cm³/mol. The molecule has 1 saturated heterocycles. The Kier molecular flexibility index (Phi) is 4.34. The molecule has 4 heteroatoms. The number of carbonyl (C=O) groups is 1. The van der Waals surface area contributed by atoms with Crippen molar-refractivity contribution in [2.75, 3.05) is 20.2 Å². The van der Waals surface area contributed by atoms with Crippen LogP contribution in [0.4, 0.5) is 0 Å². The van der Waals surface area contributed by atoms with Crippen LogP contribution in [0.2, 0.25) is 0 Å². The number of piperidine rings is 1. The zero-order chi connectivity index (χ0) is 21.0. The van der Waals surface area contributed by atoms with Gasteiger partial charge in [0.15, 0.2) is 5.78 Å². The Balaban J connectivity index is 1.67. The van der Waals surface area contributed by atoms with Gasteiger partial charge in [0.05, 0.1) is 18.7 Å². The highest BCUT2D eigenvalue weighted by Crippen LogP contribution is 2.51. The number of methoxy groups -OCH3 is 1. The Hall–Kier alpha value is -2.90. The van der Waals surface area contributed by atoms with Crippen molar-refractivity contribution in [2.45, 2.75) is 44.4 Å². The van der Waals surface area contributed by atoms with E-state index in [1.54, 1.807) is 7.11 Å². The van der Waals surface area contributed by atoms with E-state index in [4.69, 9.17) is 4.74 Å². The van der Waals surface area contributed by atoms with Crippen molar-refractivity contribution < 1.29 is 9.53 Å². The van der Waals surface area contributed by atoms with Gasteiger partial charge in [-0.2, -0.15) is 5.26 Å². The van der Waals surface area contributed by atoms with Crippen LogP contribution in [0.3, 0.4) is 0 Å². The van der Waals surface area contributed by atoms with Crippen molar-refractivity contribution >= 4 is 11.4 Å². The van der Waals surface area contributed by atoms with Crippen molar-refractivity contribution in [1.29, 1.82) is 5.26 Å². The van der Waals surface area contributed by atoms with E-state index >= 15 is 0 Å². The van der Waals surface area contributed by atoms with Crippen LogP contribution in [0.25, 0.3) is 5.57 Å². The number of ketones is 1. The molecule has 0 saturated carbocycles. The average Bonchev–Trinajstić information content (AvgIpc) is 3.17. The summed E-state index contributed by atoms with van der Waals surface area (Å²) in [6, 6.07) is 12.1. The van der Waals surface area contributed by atoms with E-state index in [0.717, 1.165) is 77.1 Å². The summed E-state index contributed by atoms with van der Waals surface area (Å²) in [5.41, 5.74) is 7.46. The Morgan fingerprint density at radius 1 is 1.13 bits per heavy atom. The van der Waals surface area contributed by atoms with Gasteiger partial charge in [0.2, 0.25) is 0 Å². The lowest BCUT2D eigenvalue weighted by Gasteiger charge is -2.36. The maximum absolute atomic E-state index is 13.8. The van der Waals surface area contributed by atoms with E-state index in [2.05, 4.69) is 37.4 Å². The number of fused-ring (bicyclic) bond motifs is 3. The van der Waals surface area contributed by atoms with E-state index in [9.17, 15) is 10.1 Å². The molecule has 0 amide bonds. The molecular weight excluding hydrogens is 372 g/mol. The van der Waals surface area contributed by atoms with Gasteiger partial charge in [-0.1, -0.05) is 19.9 Å². The molecule has 0 unspecified atom stereocenters. The zero-order valence-electron chi connectivity index (χ0n) is 17.8. The number of hydrogen-bond acceptors (Lipinski definition) is 4. The number of Topliss-reactive ketones (excluding diaryl/α,β-unsaturated/α-hetero) is 1. The molecule has 2 aromatic carbocycles. The van der Waals surface area contributed by atoms with Gasteiger partial charge in [-0.25, -0.2) is 0 Å². The van der Waals surface area contributed by atoms with Crippen LogP contribution in [-0.4, -0.2) is 26.0 Å². The first kappa shape index (κ1) is 19.1. The summed E-state index contributed by atoms with van der Waals surface area (Å²) in [7, 11) is 1.73. The highest BCUT2D eigenvalue weighted by atomic mass is 16.5. The minimum atomic E-state index is -0.273. The smallest absolute Gasteiger partial charge is 0.193 e. The summed E-state index contributed by atoms with van der Waals surface area (Å²) in [5, 5.41) is 12.7. The molecule has 152 valence electrons. The Morgan fingerprint density at radius 2 is 1.90 bits per heavy atom. The molecule has 2 aliphatic carbocycles. The number of ether oxygens (including phenoxy) is 1. The van der Waals surface area contributed by atoms with Crippen molar-refractivity contribution in [3.8, 4) is 11.8 Å². The molecule has 1 fully saturated rings. The molecule has 3 aliphatic rings. The average molecular weight is 399 g/mol. The minimum absolute atomic E-state index is 0.112. The first-order valence-electron chi connectivity index (χ1n) is 10.7. The number of nitrogens with zero attached hydrogens (tertiary/aromatic N) is 1. The van der Waals surface area contributed by atoms with Crippen LogP contribution in [0.5, 0.6) is 5.75 Å². The standard InChI is InChI=1S/C26H26N2O2/c1-26(2)21-13-23(30-3)19(16-6-8-28-9-7-16)12-20(21)25(29)24-18-5-4-15(14-27)10-17(18)11-22(24)26/h4-5,10,12-13,16,28H,6-9,11H2,1-3H3. The fourth-order valence-corrected chi connectivity index (χ4v) is 5.52. The lowest BCUT2D eigenvalue weighted by molar-refractivity contribution is 0.105. The normalized spacial score (nSPS) is 19.7. The molecule has 1 heterocycles. The van der Waals surface area contributed by atoms with E-state index in [-0.39, 0.29) is 11.2 Å². The van der Waals surface area contributed by atoms with Crippen LogP contribution in [0.15, 0.2) is 35.9 Å². The fourth-order valence-electron chi connectivity index (χ4n) is 5.52. The second-order valence-electron chi connectivity index (χ2n) is 9.13. The molecule has 0 radical (unpaired) electrons. The number of allylic oxidation sites excluding steroid dienone is 2. The molecule has 0 spiro atoms. The van der Waals surface area contributed by atoms with Crippen LogP contribution in [-0.2, 0) is 11.8 Å². The van der Waals surface area contributed by atoms with Gasteiger partial charge in [-0.3, -0.25) is 4.79 Å². The molecule has 30 heavy (non-hydrogen) atoms. The summed E-state index contributed by atoms with van der Waals surface area (Å²) < 4.78 is 5.81. The molecule has 0 bridgehead atoms. The molecular formula is C26H26N2O2. The third kappa shape index (κ3) is 2.66. The second kappa shape index (κ2) is 6.82. The minimum Gasteiger partial charge on any atom is -0.496 e. The van der Waals surface area contributed by atoms with Crippen LogP contribution in [0, 0.1) is 11.3 Å². The van der Waals surface area contributed by atoms with Crippen molar-refractivity contribution in [3.05, 3.63) is 69.3 Å². The maximum atomic E-state index is 13.8. The zero-order valence-corrected chi connectivity index (χ0v) is 17.8. The lowest BCUT2D eigenvalue weighted by atomic mass is 9.67. The van der Waals surface area contributed by atoms with E-state index in [0.29, 0.717) is 11.5 Å². The first-order valence-corrected chi connectivity index (χ1v) is 10.7. The van der Waals surface area contributed by atoms with Gasteiger partial charge in [0, 0.05) is 16.6 Å². The molecule has 1 N–H and O–H groups in total. The highest BCUT2D eigenvalue weighted by molar-refractivity contribution is 6.33. The van der Waals surface area contributed by atoms with Gasteiger partial charge in [-0.15, -0.1) is 0 Å². The van der Waals surface area contributed by atoms with Gasteiger partial charge in [0.1, 0.15) is 5.75 Å². The summed E-state index contributed by atoms with van der Waals surface area (Å²) in [6.45, 7) is 6.39. The summed E-state index contributed by atoms with van der Waals surface area (Å²) >= 11 is 0. The first-order chi connectivity index (χ1) is 14.5. The van der Waals surface area contributed by atoms with Gasteiger partial charge in [0.25, 0.3) is 0 Å². The summed E-state index contributed by atoms with van der Waals surface area (Å²) in [4.78, 5) is 13.8. The molecule has 0 aromatic heterocycles. The fraction of sp³-hybridized carbons (Fsp3) is 0.385. The number of carbonyl (C=O) groups excluding carboxylic acids is 1. The monoisotopic (exact) mass is 398 g/mol. The summed E-state index contributed by atoms with van der Waals surface area (Å²) in [5.74, 6) is 1.42. The number of nitriles is 1. The maximum Gasteiger partial charge on any atom is 0.193 e. The summed E-state index contributed by atoms with van der Waals surface area (Å²) in [6.07, 6.45) is 2.83. The predicted octanol–water partition coefficient (Wildman–Crippen LogP) is 4.52. The van der Waals surface area contributed by atoms with Gasteiger partial charge < -0.3 is 10.1 Å². The van der Waals surface area contributed by atoms with Crippen LogP contribution >= 0.6 is 0 Å². The quantitative estimate of drug-likeness (QED) is 0.808. The number of benzene rings is 2. The second-order valence-corrected chi connectivity index (χ2v) is 9.13. The molecule has 2 aromatic rings. The van der Waals surface area contributed by atoms with Crippen molar-refractivity contribution in [1.82, 2.24) is 5.32 Å². The van der Waals surface area contributed by atoms with Crippen LogP contribution < -0.4 is 10.1 Å². The van der Waals surface area contributed by atoms with E-state index in [1.165, 1.54) is 0 Å². The van der Waals surface area contributed by atoms with Gasteiger partial charge >= 0.3 is 0 Å². The Labute approximate surface area is 177 Å². The van der Waals surface area contributed by atoms with Crippen molar-refractivity contribution in [3.63, 3.8) is 0 Å². The third-order valence-electron chi connectivity index (χ3n) is 7.22. The Bertz CT molecular complexity index is 1140. The van der Waals surface area contributed by atoms with E-state index in [1.807, 2.05) is 18.2 Å². The largest absolute Gasteiger partial charge is 0.496 e. The SMILES string of the molecule is COc1cc2c(cc1C1CCNCC1)C(=O)C1=C(Cc3cc(C#N)ccc31)C2(C)C. The number of nitrogens with one attached hydrogen (secondary N) is 1. The molecule has 5 rings (SSSR count). The highest BCUT2D eigenvalue weighted by Gasteiger charge is 2.43. The molecule has 0 atom stereocenters. The van der Waals surface area contributed by atoms with E-state index < -0.39 is 0 Å². The number of hydrogen-bond donors (Lipinski definition) is 1. The molecule has 4 nitrogen and oxygen atoms in total. The topological polar surface area (TPSA) is 62.1 Å². The van der Waals surface area contributed by atoms with Crippen LogP contribution in [0.1, 0.15) is 70.8 Å². The number of rotatable bonds is 2. The molecule has 1 aliphatic heterocycles. The lowest BCUT2D eigenvalue weighted by Crippen LogP contribution is -2.31.